The molecule has 2 aromatic carbocycles. The van der Waals surface area contributed by atoms with Crippen LogP contribution in [0.15, 0.2) is 54.6 Å². The fourth-order valence-corrected chi connectivity index (χ4v) is 2.04. The second kappa shape index (κ2) is 7.22. The molecule has 0 fully saturated rings. The normalized spacial score (nSPS) is 11.4. The fraction of sp³-hybridized carbons (Fsp3) is 0.176. The van der Waals surface area contributed by atoms with E-state index < -0.39 is 6.10 Å². The zero-order valence-electron chi connectivity index (χ0n) is 11.5. The Balaban J connectivity index is 1.89. The van der Waals surface area contributed by atoms with Gasteiger partial charge in [-0.1, -0.05) is 42.5 Å². The Kier molecular flexibility index (Phi) is 5.08. The van der Waals surface area contributed by atoms with Crippen LogP contribution in [0.25, 0.3) is 0 Å². The third-order valence-electron chi connectivity index (χ3n) is 3.18. The molecule has 1 amide bonds. The minimum absolute atomic E-state index is 0.299. The lowest BCUT2D eigenvalue weighted by molar-refractivity contribution is 0.0942. The van der Waals surface area contributed by atoms with Crippen LogP contribution in [0.5, 0.6) is 0 Å². The predicted octanol–water partition coefficient (Wildman–Crippen LogP) is 2.41. The number of amides is 1. The molecular formula is C17H16N2O2. The number of hydrogen-bond donors (Lipinski definition) is 2. The van der Waals surface area contributed by atoms with Crippen LogP contribution in [0.3, 0.4) is 0 Å². The average molecular weight is 280 g/mol. The van der Waals surface area contributed by atoms with Crippen molar-refractivity contribution in [3.8, 4) is 6.07 Å². The molecule has 0 aliphatic carbocycles. The Bertz CT molecular complexity index is 647. The van der Waals surface area contributed by atoms with Crippen molar-refractivity contribution in [3.63, 3.8) is 0 Å². The largest absolute Gasteiger partial charge is 0.388 e. The van der Waals surface area contributed by atoms with E-state index in [1.54, 1.807) is 24.3 Å². The van der Waals surface area contributed by atoms with Gasteiger partial charge < -0.3 is 10.4 Å². The zero-order chi connectivity index (χ0) is 15.1. The van der Waals surface area contributed by atoms with Crippen LogP contribution in [0.4, 0.5) is 0 Å². The summed E-state index contributed by atoms with van der Waals surface area (Å²) >= 11 is 0. The number of nitrogens with one attached hydrogen (secondary N) is 1. The molecule has 0 aliphatic heterocycles. The van der Waals surface area contributed by atoms with Gasteiger partial charge in [-0.25, -0.2) is 0 Å². The topological polar surface area (TPSA) is 73.1 Å². The Morgan fingerprint density at radius 1 is 1.14 bits per heavy atom. The van der Waals surface area contributed by atoms with E-state index in [4.69, 9.17) is 5.26 Å². The highest BCUT2D eigenvalue weighted by Crippen LogP contribution is 2.15. The van der Waals surface area contributed by atoms with E-state index in [1.807, 2.05) is 36.4 Å². The summed E-state index contributed by atoms with van der Waals surface area (Å²) in [6, 6.07) is 17.9. The number of aliphatic hydroxyl groups excluding tert-OH is 1. The van der Waals surface area contributed by atoms with Crippen LogP contribution in [0.2, 0.25) is 0 Å². The molecular weight excluding hydrogens is 264 g/mol. The highest BCUT2D eigenvalue weighted by Gasteiger charge is 2.11. The third-order valence-corrected chi connectivity index (χ3v) is 3.18. The summed E-state index contributed by atoms with van der Waals surface area (Å²) in [6.45, 7) is 0.342. The van der Waals surface area contributed by atoms with Gasteiger partial charge in [0.25, 0.3) is 5.91 Å². The van der Waals surface area contributed by atoms with Crippen molar-refractivity contribution in [1.82, 2.24) is 5.32 Å². The molecule has 106 valence electrons. The van der Waals surface area contributed by atoms with Crippen LogP contribution in [-0.2, 0) is 0 Å². The van der Waals surface area contributed by atoms with E-state index in [1.165, 1.54) is 0 Å². The molecule has 0 saturated heterocycles. The molecule has 2 aromatic rings. The van der Waals surface area contributed by atoms with E-state index in [0.717, 1.165) is 5.56 Å². The van der Waals surface area contributed by atoms with Gasteiger partial charge in [-0.15, -0.1) is 0 Å². The first-order valence-electron chi connectivity index (χ1n) is 6.72. The standard InChI is InChI=1S/C17H16N2O2/c18-12-14-8-4-5-9-15(14)17(21)19-11-10-16(20)13-6-2-1-3-7-13/h1-9,16,20H,10-11H2,(H,19,21). The molecule has 0 heterocycles. The first kappa shape index (κ1) is 14.8. The van der Waals surface area contributed by atoms with Crippen molar-refractivity contribution in [2.75, 3.05) is 6.54 Å². The van der Waals surface area contributed by atoms with Crippen molar-refractivity contribution in [1.29, 1.82) is 5.26 Å². The number of rotatable bonds is 5. The van der Waals surface area contributed by atoms with Crippen LogP contribution < -0.4 is 5.32 Å². The van der Waals surface area contributed by atoms with Crippen molar-refractivity contribution < 1.29 is 9.90 Å². The fourth-order valence-electron chi connectivity index (χ4n) is 2.04. The monoisotopic (exact) mass is 280 g/mol. The highest BCUT2D eigenvalue weighted by atomic mass is 16.3. The number of nitriles is 1. The van der Waals surface area contributed by atoms with Gasteiger partial charge in [-0.3, -0.25) is 4.79 Å². The lowest BCUT2D eigenvalue weighted by Gasteiger charge is -2.12. The van der Waals surface area contributed by atoms with Gasteiger partial charge in [-0.2, -0.15) is 5.26 Å². The summed E-state index contributed by atoms with van der Waals surface area (Å²) in [6.07, 6.45) is -0.192. The molecule has 0 aromatic heterocycles. The zero-order valence-corrected chi connectivity index (χ0v) is 11.5. The Morgan fingerprint density at radius 2 is 1.81 bits per heavy atom. The minimum Gasteiger partial charge on any atom is -0.388 e. The maximum Gasteiger partial charge on any atom is 0.252 e. The van der Waals surface area contributed by atoms with Gasteiger partial charge in [0.05, 0.1) is 23.3 Å². The first-order valence-corrected chi connectivity index (χ1v) is 6.72. The summed E-state index contributed by atoms with van der Waals surface area (Å²) in [4.78, 5) is 12.0. The molecule has 4 heteroatoms. The lowest BCUT2D eigenvalue weighted by Crippen LogP contribution is -2.26. The number of carbonyl (C=O) groups excluding carboxylic acids is 1. The van der Waals surface area contributed by atoms with Gasteiger partial charge >= 0.3 is 0 Å². The van der Waals surface area contributed by atoms with Crippen LogP contribution in [0.1, 0.15) is 34.0 Å². The number of aliphatic hydroxyl groups is 1. The molecule has 0 radical (unpaired) electrons. The molecule has 0 saturated carbocycles. The molecule has 4 nitrogen and oxygen atoms in total. The average Bonchev–Trinajstić information content (AvgIpc) is 2.55. The number of hydrogen-bond acceptors (Lipinski definition) is 3. The number of benzene rings is 2. The van der Waals surface area contributed by atoms with Gasteiger partial charge in [-0.05, 0) is 24.1 Å². The molecule has 21 heavy (non-hydrogen) atoms. The second-order valence-electron chi connectivity index (χ2n) is 4.63. The Labute approximate surface area is 123 Å². The summed E-state index contributed by atoms with van der Waals surface area (Å²) in [5.41, 5.74) is 1.52. The number of nitrogens with zero attached hydrogens (tertiary/aromatic N) is 1. The predicted molar refractivity (Wildman–Crippen MR) is 79.5 cm³/mol. The van der Waals surface area contributed by atoms with Crippen LogP contribution in [0, 0.1) is 11.3 Å². The van der Waals surface area contributed by atoms with E-state index in [-0.39, 0.29) is 5.91 Å². The second-order valence-corrected chi connectivity index (χ2v) is 4.63. The van der Waals surface area contributed by atoms with Gasteiger partial charge in [0.1, 0.15) is 0 Å². The minimum atomic E-state index is -0.613. The molecule has 2 rings (SSSR count). The lowest BCUT2D eigenvalue weighted by atomic mass is 10.1. The maximum absolute atomic E-state index is 12.0. The summed E-state index contributed by atoms with van der Waals surface area (Å²) in [7, 11) is 0. The Morgan fingerprint density at radius 3 is 2.52 bits per heavy atom. The molecule has 1 unspecified atom stereocenters. The van der Waals surface area contributed by atoms with Crippen molar-refractivity contribution in [2.24, 2.45) is 0 Å². The smallest absolute Gasteiger partial charge is 0.252 e. The first-order chi connectivity index (χ1) is 10.2. The SMILES string of the molecule is N#Cc1ccccc1C(=O)NCCC(O)c1ccccc1. The maximum atomic E-state index is 12.0. The van der Waals surface area contributed by atoms with Crippen molar-refractivity contribution >= 4 is 5.91 Å². The van der Waals surface area contributed by atoms with E-state index in [2.05, 4.69) is 5.32 Å². The summed E-state index contributed by atoms with van der Waals surface area (Å²) < 4.78 is 0. The molecule has 0 spiro atoms. The molecule has 1 atom stereocenters. The van der Waals surface area contributed by atoms with E-state index >= 15 is 0 Å². The van der Waals surface area contributed by atoms with E-state index in [9.17, 15) is 9.90 Å². The highest BCUT2D eigenvalue weighted by molar-refractivity contribution is 5.96. The molecule has 0 aliphatic rings. The van der Waals surface area contributed by atoms with E-state index in [0.29, 0.717) is 24.1 Å². The summed E-state index contributed by atoms with van der Waals surface area (Å²) in [5.74, 6) is -0.299. The van der Waals surface area contributed by atoms with Crippen molar-refractivity contribution in [3.05, 3.63) is 71.3 Å². The Hall–Kier alpha value is -2.64. The summed E-state index contributed by atoms with van der Waals surface area (Å²) in [5, 5.41) is 21.7. The van der Waals surface area contributed by atoms with Gasteiger partial charge in [0, 0.05) is 6.54 Å². The van der Waals surface area contributed by atoms with Crippen molar-refractivity contribution in [2.45, 2.75) is 12.5 Å². The van der Waals surface area contributed by atoms with Gasteiger partial charge in [0.2, 0.25) is 0 Å². The number of carbonyl (C=O) groups is 1. The quantitative estimate of drug-likeness (QED) is 0.883. The molecule has 2 N–H and O–H groups in total. The molecule has 0 bridgehead atoms. The van der Waals surface area contributed by atoms with Crippen LogP contribution in [-0.4, -0.2) is 17.6 Å². The third kappa shape index (κ3) is 3.91. The van der Waals surface area contributed by atoms with Gasteiger partial charge in [0.15, 0.2) is 0 Å². The van der Waals surface area contributed by atoms with Crippen LogP contribution >= 0.6 is 0 Å².